The lowest BCUT2D eigenvalue weighted by molar-refractivity contribution is 0.0999. The molecule has 22 heavy (non-hydrogen) atoms. The number of benzene rings is 1. The van der Waals surface area contributed by atoms with Crippen LogP contribution in [0.4, 0.5) is 4.39 Å². The Morgan fingerprint density at radius 3 is 2.55 bits per heavy atom. The highest BCUT2D eigenvalue weighted by atomic mass is 19.1. The van der Waals surface area contributed by atoms with Crippen molar-refractivity contribution in [2.75, 3.05) is 0 Å². The molecule has 0 aliphatic heterocycles. The average molecular weight is 298 g/mol. The van der Waals surface area contributed by atoms with Crippen LogP contribution in [-0.2, 0) is 0 Å². The Hall–Kier alpha value is -3.22. The van der Waals surface area contributed by atoms with Gasteiger partial charge in [-0.25, -0.2) is 4.39 Å². The number of amides is 1. The van der Waals surface area contributed by atoms with Crippen LogP contribution in [0, 0.1) is 5.82 Å². The molecule has 3 aromatic rings. The third-order valence-corrected chi connectivity index (χ3v) is 3.23. The van der Waals surface area contributed by atoms with E-state index in [-0.39, 0.29) is 11.1 Å². The van der Waals surface area contributed by atoms with Gasteiger partial charge in [0, 0.05) is 24.2 Å². The van der Waals surface area contributed by atoms with Crippen molar-refractivity contribution in [1.82, 2.24) is 14.8 Å². The number of aromatic amines is 1. The van der Waals surface area contributed by atoms with Crippen molar-refractivity contribution in [1.29, 1.82) is 0 Å². The molecule has 3 N–H and O–H groups in total. The highest BCUT2D eigenvalue weighted by Crippen LogP contribution is 2.18. The first-order chi connectivity index (χ1) is 10.6. The van der Waals surface area contributed by atoms with Gasteiger partial charge >= 0.3 is 0 Å². The average Bonchev–Trinajstić information content (AvgIpc) is 3.02. The second kappa shape index (κ2) is 5.28. The molecule has 1 amide bonds. The number of carbonyl (C=O) groups is 1. The second-order valence-corrected chi connectivity index (χ2v) is 4.65. The summed E-state index contributed by atoms with van der Waals surface area (Å²) in [5.74, 6) is -1.24. The van der Waals surface area contributed by atoms with Gasteiger partial charge in [-0.1, -0.05) is 12.1 Å². The predicted octanol–water partition coefficient (Wildman–Crippen LogP) is 1.47. The highest BCUT2D eigenvalue weighted by molar-refractivity contribution is 5.93. The van der Waals surface area contributed by atoms with Crippen LogP contribution < -0.4 is 11.2 Å². The quantitative estimate of drug-likeness (QED) is 0.766. The molecular formula is C15H11FN4O2. The minimum atomic E-state index is -0.828. The number of halogens is 1. The Morgan fingerprint density at radius 1 is 1.23 bits per heavy atom. The molecule has 1 aromatic carbocycles. The van der Waals surface area contributed by atoms with Gasteiger partial charge in [0.15, 0.2) is 0 Å². The van der Waals surface area contributed by atoms with Gasteiger partial charge in [-0.15, -0.1) is 0 Å². The second-order valence-electron chi connectivity index (χ2n) is 4.65. The fourth-order valence-corrected chi connectivity index (χ4v) is 2.12. The molecule has 0 radical (unpaired) electrons. The monoisotopic (exact) mass is 298 g/mol. The zero-order valence-electron chi connectivity index (χ0n) is 11.3. The molecule has 0 aliphatic carbocycles. The molecule has 0 saturated heterocycles. The molecule has 110 valence electrons. The summed E-state index contributed by atoms with van der Waals surface area (Å²) in [6.45, 7) is 0. The van der Waals surface area contributed by atoms with Gasteiger partial charge in [0.25, 0.3) is 5.91 Å². The minimum absolute atomic E-state index is 0.150. The molecule has 0 saturated carbocycles. The number of nitrogens with two attached hydrogens (primary N) is 1. The number of rotatable bonds is 3. The number of nitrogens with zero attached hydrogens (tertiary/aromatic N) is 2. The van der Waals surface area contributed by atoms with Crippen LogP contribution in [0.2, 0.25) is 0 Å². The van der Waals surface area contributed by atoms with Crippen LogP contribution in [0.25, 0.3) is 16.8 Å². The molecule has 0 fully saturated rings. The van der Waals surface area contributed by atoms with E-state index in [2.05, 4.69) is 10.2 Å². The Morgan fingerprint density at radius 2 is 1.95 bits per heavy atom. The standard InChI is InChI=1S/C15H11FN4O2/c16-10-3-1-9(2-4-10)12-7-20(11-5-18-19-6-11)8-13(14(12)21)15(17)22/h1-8H,(H2,17,22)(H,18,19). The topological polar surface area (TPSA) is 93.8 Å². The van der Waals surface area contributed by atoms with E-state index in [4.69, 9.17) is 5.73 Å². The minimum Gasteiger partial charge on any atom is -0.365 e. The SMILES string of the molecule is NC(=O)c1cn(-c2cn[nH]c2)cc(-c2ccc(F)cc2)c1=O. The number of carbonyl (C=O) groups excluding carboxylic acids is 1. The Kier molecular flexibility index (Phi) is 3.30. The molecule has 0 bridgehead atoms. The van der Waals surface area contributed by atoms with E-state index >= 15 is 0 Å². The van der Waals surface area contributed by atoms with E-state index in [1.54, 1.807) is 17.0 Å². The van der Waals surface area contributed by atoms with Crippen LogP contribution in [0.3, 0.4) is 0 Å². The van der Waals surface area contributed by atoms with Crippen molar-refractivity contribution in [3.63, 3.8) is 0 Å². The molecule has 0 aliphatic rings. The molecule has 6 nitrogen and oxygen atoms in total. The van der Waals surface area contributed by atoms with Gasteiger partial charge in [-0.05, 0) is 17.7 Å². The molecule has 0 atom stereocenters. The lowest BCUT2D eigenvalue weighted by Crippen LogP contribution is -2.24. The van der Waals surface area contributed by atoms with Gasteiger partial charge in [-0.2, -0.15) is 5.10 Å². The zero-order valence-corrected chi connectivity index (χ0v) is 11.3. The van der Waals surface area contributed by atoms with E-state index in [1.807, 2.05) is 0 Å². The highest BCUT2D eigenvalue weighted by Gasteiger charge is 2.14. The van der Waals surface area contributed by atoms with Gasteiger partial charge in [0.2, 0.25) is 5.43 Å². The van der Waals surface area contributed by atoms with Crippen molar-refractivity contribution in [2.45, 2.75) is 0 Å². The number of aromatic nitrogens is 3. The molecule has 2 aromatic heterocycles. The fourth-order valence-electron chi connectivity index (χ4n) is 2.12. The van der Waals surface area contributed by atoms with Crippen molar-refractivity contribution in [3.8, 4) is 16.8 Å². The Labute approximate surface area is 124 Å². The van der Waals surface area contributed by atoms with Crippen LogP contribution >= 0.6 is 0 Å². The number of H-pyrrole nitrogens is 1. The van der Waals surface area contributed by atoms with E-state index in [0.29, 0.717) is 11.3 Å². The normalized spacial score (nSPS) is 10.6. The number of primary amides is 1. The number of hydrogen-bond acceptors (Lipinski definition) is 3. The van der Waals surface area contributed by atoms with E-state index in [0.717, 1.165) is 0 Å². The number of pyridine rings is 1. The Bertz CT molecular complexity index is 883. The smallest absolute Gasteiger partial charge is 0.254 e. The van der Waals surface area contributed by atoms with E-state index < -0.39 is 17.2 Å². The third kappa shape index (κ3) is 2.39. The number of hydrogen-bond donors (Lipinski definition) is 2. The van der Waals surface area contributed by atoms with Crippen LogP contribution in [0.15, 0.2) is 53.8 Å². The summed E-state index contributed by atoms with van der Waals surface area (Å²) >= 11 is 0. The summed E-state index contributed by atoms with van der Waals surface area (Å²) in [6.07, 6.45) is 6.03. The molecule has 3 rings (SSSR count). The molecule has 0 unspecified atom stereocenters. The fraction of sp³-hybridized carbons (Fsp3) is 0. The number of nitrogens with one attached hydrogen (secondary N) is 1. The largest absolute Gasteiger partial charge is 0.365 e. The summed E-state index contributed by atoms with van der Waals surface area (Å²) in [4.78, 5) is 23.9. The van der Waals surface area contributed by atoms with Crippen molar-refractivity contribution in [2.24, 2.45) is 5.73 Å². The zero-order chi connectivity index (χ0) is 15.7. The van der Waals surface area contributed by atoms with Crippen molar-refractivity contribution >= 4 is 5.91 Å². The summed E-state index contributed by atoms with van der Waals surface area (Å²) < 4.78 is 14.6. The van der Waals surface area contributed by atoms with E-state index in [9.17, 15) is 14.0 Å². The van der Waals surface area contributed by atoms with Crippen LogP contribution in [0.1, 0.15) is 10.4 Å². The lowest BCUT2D eigenvalue weighted by atomic mass is 10.0. The van der Waals surface area contributed by atoms with Gasteiger partial charge in [0.05, 0.1) is 11.9 Å². The van der Waals surface area contributed by atoms with Gasteiger partial charge in [-0.3, -0.25) is 14.7 Å². The van der Waals surface area contributed by atoms with Gasteiger partial charge in [0.1, 0.15) is 11.4 Å². The maximum Gasteiger partial charge on any atom is 0.254 e. The first-order valence-electron chi connectivity index (χ1n) is 6.37. The van der Waals surface area contributed by atoms with Crippen LogP contribution in [-0.4, -0.2) is 20.7 Å². The molecule has 0 spiro atoms. The van der Waals surface area contributed by atoms with Gasteiger partial charge < -0.3 is 10.3 Å². The summed E-state index contributed by atoms with van der Waals surface area (Å²) in [7, 11) is 0. The van der Waals surface area contributed by atoms with Crippen molar-refractivity contribution < 1.29 is 9.18 Å². The first-order valence-corrected chi connectivity index (χ1v) is 6.37. The third-order valence-electron chi connectivity index (χ3n) is 3.23. The maximum absolute atomic E-state index is 13.0. The van der Waals surface area contributed by atoms with Crippen molar-refractivity contribution in [3.05, 3.63) is 70.7 Å². The molecule has 7 heteroatoms. The first kappa shape index (κ1) is 13.7. The maximum atomic E-state index is 13.0. The van der Waals surface area contributed by atoms with Crippen LogP contribution in [0.5, 0.6) is 0 Å². The molecular weight excluding hydrogens is 287 g/mol. The predicted molar refractivity (Wildman–Crippen MR) is 78.1 cm³/mol. The lowest BCUT2D eigenvalue weighted by Gasteiger charge is -2.09. The summed E-state index contributed by atoms with van der Waals surface area (Å²) in [5, 5.41) is 6.46. The molecule has 2 heterocycles. The summed E-state index contributed by atoms with van der Waals surface area (Å²) in [6, 6.07) is 5.43. The van der Waals surface area contributed by atoms with E-state index in [1.165, 1.54) is 36.7 Å². The summed E-state index contributed by atoms with van der Waals surface area (Å²) in [5.41, 5.74) is 5.99. The Balaban J connectivity index is 2.26.